The zero-order valence-corrected chi connectivity index (χ0v) is 14.2. The van der Waals surface area contributed by atoms with E-state index in [1.807, 2.05) is 41.2 Å². The first-order valence-corrected chi connectivity index (χ1v) is 8.52. The topological polar surface area (TPSA) is 79.9 Å². The van der Waals surface area contributed by atoms with Crippen molar-refractivity contribution in [2.75, 3.05) is 13.1 Å². The Labute approximate surface area is 151 Å². The zero-order chi connectivity index (χ0) is 17.8. The molecule has 1 unspecified atom stereocenters. The maximum atomic E-state index is 8.82. The first-order valence-electron chi connectivity index (χ1n) is 8.52. The molecule has 0 amide bonds. The summed E-state index contributed by atoms with van der Waals surface area (Å²) in [6, 6.07) is 15.5. The van der Waals surface area contributed by atoms with Crippen LogP contribution in [0.3, 0.4) is 0 Å². The lowest BCUT2D eigenvalue weighted by Crippen LogP contribution is -2.25. The van der Waals surface area contributed by atoms with Gasteiger partial charge in [0.05, 0.1) is 23.1 Å². The van der Waals surface area contributed by atoms with Crippen molar-refractivity contribution in [3.05, 3.63) is 66.1 Å². The van der Waals surface area contributed by atoms with Gasteiger partial charge >= 0.3 is 0 Å². The number of pyridine rings is 1. The fraction of sp³-hybridized carbons (Fsp3) is 0.263. The number of hydrogen-bond donors (Lipinski definition) is 0. The summed E-state index contributed by atoms with van der Waals surface area (Å²) in [6.45, 7) is 2.53. The predicted molar refractivity (Wildman–Crippen MR) is 94.6 cm³/mol. The fourth-order valence-corrected chi connectivity index (χ4v) is 3.10. The summed E-state index contributed by atoms with van der Waals surface area (Å²) in [5, 5.41) is 17.1. The van der Waals surface area contributed by atoms with Crippen molar-refractivity contribution in [3.63, 3.8) is 0 Å². The van der Waals surface area contributed by atoms with E-state index < -0.39 is 0 Å². The van der Waals surface area contributed by atoms with Crippen LogP contribution in [0.15, 0.2) is 54.9 Å². The third-order valence-electron chi connectivity index (χ3n) is 4.39. The van der Waals surface area contributed by atoms with Crippen LogP contribution in [-0.2, 0) is 6.54 Å². The van der Waals surface area contributed by atoms with Gasteiger partial charge in [0.15, 0.2) is 0 Å². The van der Waals surface area contributed by atoms with Crippen molar-refractivity contribution in [2.45, 2.75) is 19.1 Å². The Morgan fingerprint density at radius 3 is 2.81 bits per heavy atom. The summed E-state index contributed by atoms with van der Waals surface area (Å²) in [5.41, 5.74) is 2.59. The number of hydrogen-bond acceptors (Lipinski definition) is 6. The van der Waals surface area contributed by atoms with Gasteiger partial charge in [0.2, 0.25) is 5.88 Å². The maximum absolute atomic E-state index is 8.82. The summed E-state index contributed by atoms with van der Waals surface area (Å²) in [7, 11) is 0. The molecular formula is C19H18N6O. The van der Waals surface area contributed by atoms with Gasteiger partial charge in [0.1, 0.15) is 12.2 Å². The molecule has 130 valence electrons. The second-order valence-corrected chi connectivity index (χ2v) is 6.23. The molecule has 0 saturated carbocycles. The molecule has 7 heteroatoms. The summed E-state index contributed by atoms with van der Waals surface area (Å²) < 4.78 is 7.81. The Hall–Kier alpha value is -3.24. The van der Waals surface area contributed by atoms with E-state index in [9.17, 15) is 0 Å². The molecule has 3 aromatic rings. The molecule has 1 aliphatic heterocycles. The fourth-order valence-electron chi connectivity index (χ4n) is 3.10. The number of likely N-dealkylation sites (tertiary alicyclic amines) is 1. The lowest BCUT2D eigenvalue weighted by atomic mass is 10.3. The molecule has 0 radical (unpaired) electrons. The van der Waals surface area contributed by atoms with Crippen molar-refractivity contribution in [1.29, 1.82) is 5.26 Å². The lowest BCUT2D eigenvalue weighted by molar-refractivity contribution is 0.190. The average molecular weight is 346 g/mol. The summed E-state index contributed by atoms with van der Waals surface area (Å²) >= 11 is 0. The highest BCUT2D eigenvalue weighted by Crippen LogP contribution is 2.19. The molecule has 26 heavy (non-hydrogen) atoms. The number of nitrogens with zero attached hydrogens (tertiary/aromatic N) is 6. The van der Waals surface area contributed by atoms with Crippen LogP contribution in [-0.4, -0.2) is 44.1 Å². The Balaban J connectivity index is 1.38. The molecule has 0 aliphatic carbocycles. The summed E-state index contributed by atoms with van der Waals surface area (Å²) in [4.78, 5) is 6.51. The van der Waals surface area contributed by atoms with E-state index in [4.69, 9.17) is 10.00 Å². The number of rotatable bonds is 5. The molecule has 0 N–H and O–H groups in total. The number of para-hydroxylation sites is 1. The highest BCUT2D eigenvalue weighted by atomic mass is 16.5. The van der Waals surface area contributed by atoms with Crippen molar-refractivity contribution < 1.29 is 4.74 Å². The molecule has 0 spiro atoms. The van der Waals surface area contributed by atoms with Gasteiger partial charge in [-0.2, -0.15) is 5.26 Å². The molecule has 2 aromatic heterocycles. The van der Waals surface area contributed by atoms with Crippen LogP contribution in [0.1, 0.15) is 17.7 Å². The van der Waals surface area contributed by atoms with Crippen LogP contribution in [0.4, 0.5) is 0 Å². The second-order valence-electron chi connectivity index (χ2n) is 6.23. The Morgan fingerprint density at radius 1 is 1.15 bits per heavy atom. The standard InChI is InChI=1S/C19H18N6O/c20-10-15-6-7-19(21-11-15)26-18-8-9-24(14-18)13-17-12-22-23-25(17)16-4-2-1-3-5-16/h1-7,11-12,18H,8-9,13-14H2. The van der Waals surface area contributed by atoms with Gasteiger partial charge in [-0.1, -0.05) is 23.4 Å². The minimum Gasteiger partial charge on any atom is -0.473 e. The first kappa shape index (κ1) is 16.2. The van der Waals surface area contributed by atoms with Crippen LogP contribution in [0, 0.1) is 11.3 Å². The smallest absolute Gasteiger partial charge is 0.213 e. The normalized spacial score (nSPS) is 17.1. The molecule has 4 rings (SSSR count). The van der Waals surface area contributed by atoms with Crippen LogP contribution in [0.2, 0.25) is 0 Å². The minimum absolute atomic E-state index is 0.0940. The van der Waals surface area contributed by atoms with Crippen LogP contribution in [0.5, 0.6) is 5.88 Å². The van der Waals surface area contributed by atoms with E-state index >= 15 is 0 Å². The van der Waals surface area contributed by atoms with Gasteiger partial charge < -0.3 is 4.74 Å². The zero-order valence-electron chi connectivity index (χ0n) is 14.2. The maximum Gasteiger partial charge on any atom is 0.213 e. The third kappa shape index (κ3) is 3.55. The Kier molecular flexibility index (Phi) is 4.58. The SMILES string of the molecule is N#Cc1ccc(OC2CCN(Cc3cnnn3-c3ccccc3)C2)nc1. The number of aromatic nitrogens is 4. The van der Waals surface area contributed by atoms with Gasteiger partial charge in [-0.05, 0) is 24.6 Å². The number of ether oxygens (including phenoxy) is 1. The van der Waals surface area contributed by atoms with E-state index in [1.165, 1.54) is 6.20 Å². The van der Waals surface area contributed by atoms with Crippen molar-refractivity contribution in [3.8, 4) is 17.6 Å². The largest absolute Gasteiger partial charge is 0.473 e. The van der Waals surface area contributed by atoms with Gasteiger partial charge in [0.25, 0.3) is 0 Å². The van der Waals surface area contributed by atoms with Gasteiger partial charge in [-0.25, -0.2) is 9.67 Å². The highest BCUT2D eigenvalue weighted by molar-refractivity contribution is 5.31. The quantitative estimate of drug-likeness (QED) is 0.704. The second kappa shape index (κ2) is 7.33. The average Bonchev–Trinajstić information content (AvgIpc) is 3.33. The number of nitriles is 1. The minimum atomic E-state index is 0.0940. The molecule has 3 heterocycles. The van der Waals surface area contributed by atoms with Gasteiger partial charge in [-0.3, -0.25) is 4.90 Å². The lowest BCUT2D eigenvalue weighted by Gasteiger charge is -2.17. The van der Waals surface area contributed by atoms with E-state index in [-0.39, 0.29) is 6.10 Å². The van der Waals surface area contributed by atoms with Crippen LogP contribution in [0.25, 0.3) is 5.69 Å². The van der Waals surface area contributed by atoms with Gasteiger partial charge in [-0.15, -0.1) is 5.10 Å². The molecule has 7 nitrogen and oxygen atoms in total. The van der Waals surface area contributed by atoms with E-state index in [2.05, 4.69) is 26.3 Å². The first-order chi connectivity index (χ1) is 12.8. The van der Waals surface area contributed by atoms with E-state index in [0.717, 1.165) is 37.4 Å². The third-order valence-corrected chi connectivity index (χ3v) is 4.39. The van der Waals surface area contributed by atoms with Crippen LogP contribution >= 0.6 is 0 Å². The van der Waals surface area contributed by atoms with E-state index in [1.54, 1.807) is 12.1 Å². The Bertz CT molecular complexity index is 900. The molecule has 1 fully saturated rings. The van der Waals surface area contributed by atoms with Crippen LogP contribution < -0.4 is 4.74 Å². The molecule has 1 saturated heterocycles. The van der Waals surface area contributed by atoms with Crippen molar-refractivity contribution >= 4 is 0 Å². The summed E-state index contributed by atoms with van der Waals surface area (Å²) in [5.74, 6) is 0.562. The Morgan fingerprint density at radius 2 is 2.04 bits per heavy atom. The monoisotopic (exact) mass is 346 g/mol. The molecular weight excluding hydrogens is 328 g/mol. The van der Waals surface area contributed by atoms with Gasteiger partial charge in [0, 0.05) is 31.9 Å². The van der Waals surface area contributed by atoms with Crippen molar-refractivity contribution in [1.82, 2.24) is 24.9 Å². The summed E-state index contributed by atoms with van der Waals surface area (Å²) in [6.07, 6.45) is 4.38. The number of benzene rings is 1. The molecule has 1 atom stereocenters. The van der Waals surface area contributed by atoms with Crippen molar-refractivity contribution in [2.24, 2.45) is 0 Å². The highest BCUT2D eigenvalue weighted by Gasteiger charge is 2.25. The molecule has 0 bridgehead atoms. The predicted octanol–water partition coefficient (Wildman–Crippen LogP) is 2.19. The van der Waals surface area contributed by atoms with E-state index in [0.29, 0.717) is 11.4 Å². The molecule has 1 aliphatic rings. The molecule has 1 aromatic carbocycles.